The molecule has 1 aromatic heterocycles. The molecule has 0 aliphatic carbocycles. The maximum atomic E-state index is 5.88. The second kappa shape index (κ2) is 5.18. The molecule has 0 amide bonds. The van der Waals surface area contributed by atoms with Gasteiger partial charge in [0, 0.05) is 24.5 Å². The van der Waals surface area contributed by atoms with Crippen LogP contribution < -0.4 is 11.1 Å². The molecule has 1 aromatic carbocycles. The molecule has 6 heteroatoms. The van der Waals surface area contributed by atoms with Crippen molar-refractivity contribution in [2.75, 3.05) is 17.6 Å². The van der Waals surface area contributed by atoms with E-state index < -0.39 is 0 Å². The van der Waals surface area contributed by atoms with Gasteiger partial charge >= 0.3 is 0 Å². The van der Waals surface area contributed by atoms with Gasteiger partial charge in [0.2, 0.25) is 0 Å². The van der Waals surface area contributed by atoms with Gasteiger partial charge in [-0.15, -0.1) is 0 Å². The van der Waals surface area contributed by atoms with Crippen LogP contribution in [0.2, 0.25) is 0 Å². The molecule has 3 N–H and O–H groups in total. The topological polar surface area (TPSA) is 68.8 Å². The molecule has 0 fully saturated rings. The van der Waals surface area contributed by atoms with Gasteiger partial charge in [0.1, 0.15) is 6.33 Å². The van der Waals surface area contributed by atoms with Gasteiger partial charge in [-0.1, -0.05) is 15.9 Å². The molecular formula is C11H14BrN5. The maximum absolute atomic E-state index is 5.88. The Bertz CT molecular complexity index is 508. The summed E-state index contributed by atoms with van der Waals surface area (Å²) in [5.41, 5.74) is 7.54. The van der Waals surface area contributed by atoms with E-state index in [0.717, 1.165) is 34.6 Å². The lowest BCUT2D eigenvalue weighted by Gasteiger charge is -2.08. The largest absolute Gasteiger partial charge is 0.397 e. The van der Waals surface area contributed by atoms with Crippen molar-refractivity contribution < 1.29 is 0 Å². The summed E-state index contributed by atoms with van der Waals surface area (Å²) in [7, 11) is 1.86. The summed E-state index contributed by atoms with van der Waals surface area (Å²) in [5, 5.41) is 7.47. The van der Waals surface area contributed by atoms with Crippen molar-refractivity contribution in [3.63, 3.8) is 0 Å². The highest BCUT2D eigenvalue weighted by atomic mass is 79.9. The van der Waals surface area contributed by atoms with Crippen LogP contribution in [0.25, 0.3) is 0 Å². The van der Waals surface area contributed by atoms with E-state index in [1.165, 1.54) is 0 Å². The number of rotatable bonds is 4. The van der Waals surface area contributed by atoms with E-state index >= 15 is 0 Å². The fourth-order valence-electron chi connectivity index (χ4n) is 1.50. The number of nitrogen functional groups attached to an aromatic ring is 1. The molecule has 0 unspecified atom stereocenters. The summed E-state index contributed by atoms with van der Waals surface area (Å²) in [6.45, 7) is 0.760. The molecule has 2 rings (SSSR count). The zero-order chi connectivity index (χ0) is 12.3. The number of halogens is 1. The van der Waals surface area contributed by atoms with Gasteiger partial charge in [-0.25, -0.2) is 4.98 Å². The minimum atomic E-state index is 0.730. The molecule has 0 aliphatic heterocycles. The van der Waals surface area contributed by atoms with Crippen molar-refractivity contribution >= 4 is 27.3 Å². The average molecular weight is 296 g/mol. The molecule has 0 aliphatic rings. The Morgan fingerprint density at radius 2 is 2.29 bits per heavy atom. The number of nitrogens with zero attached hydrogens (tertiary/aromatic N) is 3. The zero-order valence-corrected chi connectivity index (χ0v) is 11.1. The van der Waals surface area contributed by atoms with E-state index in [9.17, 15) is 0 Å². The summed E-state index contributed by atoms with van der Waals surface area (Å²) in [4.78, 5) is 4.16. The van der Waals surface area contributed by atoms with Gasteiger partial charge in [0.25, 0.3) is 0 Å². The van der Waals surface area contributed by atoms with Crippen LogP contribution in [0.15, 0.2) is 29.0 Å². The molecule has 2 aromatic rings. The molecule has 90 valence electrons. The molecule has 0 spiro atoms. The fraction of sp³-hybridized carbons (Fsp3) is 0.273. The van der Waals surface area contributed by atoms with Crippen LogP contribution in [-0.4, -0.2) is 21.3 Å². The highest BCUT2D eigenvalue weighted by Crippen LogP contribution is 2.22. The van der Waals surface area contributed by atoms with Crippen LogP contribution in [0.1, 0.15) is 5.82 Å². The van der Waals surface area contributed by atoms with Crippen LogP contribution in [0, 0.1) is 0 Å². The lowest BCUT2D eigenvalue weighted by Crippen LogP contribution is -2.08. The van der Waals surface area contributed by atoms with Gasteiger partial charge in [-0.2, -0.15) is 5.10 Å². The standard InChI is InChI=1S/C11H14BrN5/c1-17-7-15-11(16-17)4-5-14-10-3-2-8(12)6-9(10)13/h2-3,6-7,14H,4-5,13H2,1H3. The number of hydrogen-bond donors (Lipinski definition) is 2. The van der Waals surface area contributed by atoms with Crippen molar-refractivity contribution in [2.45, 2.75) is 6.42 Å². The van der Waals surface area contributed by atoms with Gasteiger partial charge < -0.3 is 11.1 Å². The number of hydrogen-bond acceptors (Lipinski definition) is 4. The van der Waals surface area contributed by atoms with Crippen LogP contribution >= 0.6 is 15.9 Å². The SMILES string of the molecule is Cn1cnc(CCNc2ccc(Br)cc2N)n1. The number of anilines is 2. The molecule has 0 radical (unpaired) electrons. The molecular weight excluding hydrogens is 282 g/mol. The first-order valence-electron chi connectivity index (χ1n) is 5.28. The van der Waals surface area contributed by atoms with E-state index in [-0.39, 0.29) is 0 Å². The first-order chi connectivity index (χ1) is 8.15. The number of aryl methyl sites for hydroxylation is 1. The molecule has 0 atom stereocenters. The molecule has 0 bridgehead atoms. The van der Waals surface area contributed by atoms with Crippen LogP contribution in [-0.2, 0) is 13.5 Å². The average Bonchev–Trinajstić information content (AvgIpc) is 2.68. The Hall–Kier alpha value is -1.56. The highest BCUT2D eigenvalue weighted by molar-refractivity contribution is 9.10. The number of nitrogens with two attached hydrogens (primary N) is 1. The Morgan fingerprint density at radius 1 is 1.47 bits per heavy atom. The zero-order valence-electron chi connectivity index (χ0n) is 9.52. The summed E-state index contributed by atoms with van der Waals surface area (Å²) in [6, 6.07) is 5.78. The third-order valence-electron chi connectivity index (χ3n) is 2.32. The van der Waals surface area contributed by atoms with E-state index in [1.807, 2.05) is 25.2 Å². The van der Waals surface area contributed by atoms with Crippen molar-refractivity contribution in [1.82, 2.24) is 14.8 Å². The number of aromatic nitrogens is 3. The second-order valence-corrected chi connectivity index (χ2v) is 4.66. The summed E-state index contributed by atoms with van der Waals surface area (Å²) in [5.74, 6) is 0.829. The van der Waals surface area contributed by atoms with E-state index in [4.69, 9.17) is 5.73 Å². The first kappa shape index (κ1) is 11.9. The van der Waals surface area contributed by atoms with Gasteiger partial charge in [0.05, 0.1) is 11.4 Å². The van der Waals surface area contributed by atoms with Gasteiger partial charge in [-0.05, 0) is 18.2 Å². The van der Waals surface area contributed by atoms with Gasteiger partial charge in [-0.3, -0.25) is 4.68 Å². The Labute approximate surface area is 108 Å². The molecule has 0 saturated carbocycles. The lowest BCUT2D eigenvalue weighted by molar-refractivity contribution is 0.742. The van der Waals surface area contributed by atoms with Crippen LogP contribution in [0.5, 0.6) is 0 Å². The third-order valence-corrected chi connectivity index (χ3v) is 2.82. The Kier molecular flexibility index (Phi) is 3.63. The molecule has 0 saturated heterocycles. The van der Waals surface area contributed by atoms with Crippen LogP contribution in [0.4, 0.5) is 11.4 Å². The van der Waals surface area contributed by atoms with E-state index in [1.54, 1.807) is 11.0 Å². The molecule has 1 heterocycles. The minimum Gasteiger partial charge on any atom is -0.397 e. The fourth-order valence-corrected chi connectivity index (χ4v) is 1.88. The third kappa shape index (κ3) is 3.20. The summed E-state index contributed by atoms with van der Waals surface area (Å²) < 4.78 is 2.68. The van der Waals surface area contributed by atoms with Crippen LogP contribution in [0.3, 0.4) is 0 Å². The summed E-state index contributed by atoms with van der Waals surface area (Å²) in [6.07, 6.45) is 2.47. The Morgan fingerprint density at radius 3 is 2.94 bits per heavy atom. The van der Waals surface area contributed by atoms with Crippen molar-refractivity contribution in [3.05, 3.63) is 34.8 Å². The number of nitrogens with one attached hydrogen (secondary N) is 1. The monoisotopic (exact) mass is 295 g/mol. The smallest absolute Gasteiger partial charge is 0.152 e. The molecule has 5 nitrogen and oxygen atoms in total. The molecule has 17 heavy (non-hydrogen) atoms. The van der Waals surface area contributed by atoms with Crippen molar-refractivity contribution in [3.8, 4) is 0 Å². The second-order valence-electron chi connectivity index (χ2n) is 3.74. The predicted molar refractivity (Wildman–Crippen MR) is 71.8 cm³/mol. The number of benzene rings is 1. The maximum Gasteiger partial charge on any atom is 0.152 e. The van der Waals surface area contributed by atoms with Gasteiger partial charge in [0.15, 0.2) is 5.82 Å². The highest BCUT2D eigenvalue weighted by Gasteiger charge is 2.01. The predicted octanol–water partition coefficient (Wildman–Crippen LogP) is 1.81. The minimum absolute atomic E-state index is 0.730. The quantitative estimate of drug-likeness (QED) is 0.844. The Balaban J connectivity index is 1.90. The first-order valence-corrected chi connectivity index (χ1v) is 6.08. The van der Waals surface area contributed by atoms with E-state index in [2.05, 4.69) is 31.3 Å². The lowest BCUT2D eigenvalue weighted by atomic mass is 10.2. The van der Waals surface area contributed by atoms with Crippen molar-refractivity contribution in [2.24, 2.45) is 7.05 Å². The summed E-state index contributed by atoms with van der Waals surface area (Å²) >= 11 is 3.37. The normalized spacial score (nSPS) is 10.5. The van der Waals surface area contributed by atoms with E-state index in [0.29, 0.717) is 0 Å². The van der Waals surface area contributed by atoms with Crippen molar-refractivity contribution in [1.29, 1.82) is 0 Å².